The second-order valence-electron chi connectivity index (χ2n) is 5.29. The normalized spacial score (nSPS) is 14.6. The molecule has 102 valence electrons. The fourth-order valence-electron chi connectivity index (χ4n) is 2.07. The van der Waals surface area contributed by atoms with Crippen molar-refractivity contribution in [3.8, 4) is 0 Å². The zero-order valence-corrected chi connectivity index (χ0v) is 13.5. The van der Waals surface area contributed by atoms with Gasteiger partial charge in [0.25, 0.3) is 0 Å². The van der Waals surface area contributed by atoms with Crippen LogP contribution in [0.25, 0.3) is 0 Å². The molecule has 0 saturated carbocycles. The van der Waals surface area contributed by atoms with Gasteiger partial charge in [-0.15, -0.1) is 11.3 Å². The highest BCUT2D eigenvalue weighted by Gasteiger charge is 2.25. The van der Waals surface area contributed by atoms with Gasteiger partial charge in [-0.2, -0.15) is 0 Å². The molecule has 1 heterocycles. The van der Waals surface area contributed by atoms with Crippen molar-refractivity contribution in [2.75, 3.05) is 6.54 Å². The third-order valence-electron chi connectivity index (χ3n) is 2.71. The molecule has 0 spiro atoms. The Hall–Kier alpha value is -0.390. The highest BCUT2D eigenvalue weighted by molar-refractivity contribution is 9.11. The Kier molecular flexibility index (Phi) is 5.82. The molecule has 5 heteroatoms. The minimum absolute atomic E-state index is 0.0398. The van der Waals surface area contributed by atoms with Gasteiger partial charge in [0, 0.05) is 17.0 Å². The fourth-order valence-corrected chi connectivity index (χ4v) is 3.55. The fraction of sp³-hybridized carbons (Fsp3) is 0.615. The number of carbonyl (C=O) groups excluding carboxylic acids is 1. The number of thiophene rings is 1. The molecule has 1 atom stereocenters. The van der Waals surface area contributed by atoms with Crippen molar-refractivity contribution in [1.82, 2.24) is 5.32 Å². The van der Waals surface area contributed by atoms with Crippen LogP contribution in [0.15, 0.2) is 15.9 Å². The molecule has 0 aliphatic carbocycles. The summed E-state index contributed by atoms with van der Waals surface area (Å²) in [6.07, 6.45) is 1.31. The smallest absolute Gasteiger partial charge is 0.225 e. The van der Waals surface area contributed by atoms with Crippen LogP contribution in [0.1, 0.15) is 32.1 Å². The van der Waals surface area contributed by atoms with E-state index >= 15 is 0 Å². The Morgan fingerprint density at radius 1 is 1.56 bits per heavy atom. The molecule has 0 aromatic carbocycles. The topological polar surface area (TPSA) is 55.1 Å². The average molecular weight is 333 g/mol. The zero-order chi connectivity index (χ0) is 13.8. The Morgan fingerprint density at radius 3 is 2.67 bits per heavy atom. The Morgan fingerprint density at radius 2 is 2.22 bits per heavy atom. The van der Waals surface area contributed by atoms with Crippen LogP contribution in [0, 0.1) is 5.92 Å². The minimum Gasteiger partial charge on any atom is -0.349 e. The number of amides is 1. The number of carbonyl (C=O) groups is 1. The Bertz CT molecular complexity index is 405. The summed E-state index contributed by atoms with van der Waals surface area (Å²) in [5.41, 5.74) is 5.48. The summed E-state index contributed by atoms with van der Waals surface area (Å²) in [5, 5.41) is 3.06. The monoisotopic (exact) mass is 332 g/mol. The second kappa shape index (κ2) is 6.68. The summed E-state index contributed by atoms with van der Waals surface area (Å²) in [6, 6.07) is 3.93. The first kappa shape index (κ1) is 15.7. The third kappa shape index (κ3) is 5.08. The quantitative estimate of drug-likeness (QED) is 0.841. The molecule has 1 amide bonds. The lowest BCUT2D eigenvalue weighted by molar-refractivity contribution is -0.122. The van der Waals surface area contributed by atoms with Crippen molar-refractivity contribution in [3.63, 3.8) is 0 Å². The van der Waals surface area contributed by atoms with Crippen LogP contribution >= 0.6 is 27.3 Å². The van der Waals surface area contributed by atoms with E-state index in [4.69, 9.17) is 5.73 Å². The third-order valence-corrected chi connectivity index (χ3v) is 4.34. The van der Waals surface area contributed by atoms with Gasteiger partial charge in [0.2, 0.25) is 5.91 Å². The molecule has 1 rings (SSSR count). The van der Waals surface area contributed by atoms with Crippen molar-refractivity contribution in [2.45, 2.75) is 39.2 Å². The molecule has 0 bridgehead atoms. The molecule has 3 nitrogen and oxygen atoms in total. The van der Waals surface area contributed by atoms with Gasteiger partial charge in [0.15, 0.2) is 0 Å². The lowest BCUT2D eigenvalue weighted by atomic mass is 9.90. The van der Waals surface area contributed by atoms with Crippen molar-refractivity contribution in [3.05, 3.63) is 20.8 Å². The van der Waals surface area contributed by atoms with Crippen molar-refractivity contribution >= 4 is 33.2 Å². The second-order valence-corrected chi connectivity index (χ2v) is 7.84. The lowest BCUT2D eigenvalue weighted by Crippen LogP contribution is -2.52. The molecule has 18 heavy (non-hydrogen) atoms. The highest BCUT2D eigenvalue weighted by atomic mass is 79.9. The van der Waals surface area contributed by atoms with Crippen molar-refractivity contribution < 1.29 is 4.79 Å². The van der Waals surface area contributed by atoms with Crippen LogP contribution in [-0.4, -0.2) is 18.0 Å². The number of hydrogen-bond donors (Lipinski definition) is 2. The van der Waals surface area contributed by atoms with E-state index in [0.717, 1.165) is 15.1 Å². The van der Waals surface area contributed by atoms with Gasteiger partial charge in [0.1, 0.15) is 0 Å². The summed E-state index contributed by atoms with van der Waals surface area (Å²) >= 11 is 4.98. The van der Waals surface area contributed by atoms with E-state index in [0.29, 0.717) is 18.9 Å². The molecule has 0 radical (unpaired) electrons. The molecule has 3 N–H and O–H groups in total. The van der Waals surface area contributed by atoms with Crippen LogP contribution in [0.2, 0.25) is 0 Å². The Balaban J connectivity index is 2.57. The van der Waals surface area contributed by atoms with E-state index in [2.05, 4.69) is 35.1 Å². The van der Waals surface area contributed by atoms with Gasteiger partial charge in [-0.1, -0.05) is 13.8 Å². The van der Waals surface area contributed by atoms with E-state index in [1.165, 1.54) is 0 Å². The standard InChI is InChI=1S/C13H21BrN2OS/c1-9(2)7-13(3,8-15)16-12(17)6-10-4-5-11(14)18-10/h4-5,9H,6-8,15H2,1-3H3,(H,16,17). The van der Waals surface area contributed by atoms with Crippen LogP contribution < -0.4 is 11.1 Å². The van der Waals surface area contributed by atoms with Crippen LogP contribution in [0.5, 0.6) is 0 Å². The first-order valence-corrected chi connectivity index (χ1v) is 7.71. The molecule has 1 aromatic rings. The van der Waals surface area contributed by atoms with Crippen LogP contribution in [0.4, 0.5) is 0 Å². The van der Waals surface area contributed by atoms with E-state index < -0.39 is 0 Å². The van der Waals surface area contributed by atoms with Gasteiger partial charge in [0.05, 0.1) is 10.2 Å². The number of halogens is 1. The predicted molar refractivity (Wildman–Crippen MR) is 80.8 cm³/mol. The number of hydrogen-bond acceptors (Lipinski definition) is 3. The summed E-state index contributed by atoms with van der Waals surface area (Å²) < 4.78 is 1.05. The maximum Gasteiger partial charge on any atom is 0.225 e. The van der Waals surface area contributed by atoms with E-state index in [9.17, 15) is 4.79 Å². The van der Waals surface area contributed by atoms with E-state index in [1.807, 2.05) is 19.1 Å². The number of nitrogens with one attached hydrogen (secondary N) is 1. The summed E-state index contributed by atoms with van der Waals surface area (Å²) in [5.74, 6) is 0.549. The van der Waals surface area contributed by atoms with Crippen molar-refractivity contribution in [1.29, 1.82) is 0 Å². The molecule has 1 aromatic heterocycles. The predicted octanol–water partition coefficient (Wildman–Crippen LogP) is 2.93. The molecule has 0 fully saturated rings. The average Bonchev–Trinajstić information content (AvgIpc) is 2.62. The zero-order valence-electron chi connectivity index (χ0n) is 11.1. The number of rotatable bonds is 6. The molecule has 0 aliphatic heterocycles. The maximum absolute atomic E-state index is 12.0. The molecular weight excluding hydrogens is 312 g/mol. The van der Waals surface area contributed by atoms with Gasteiger partial charge in [-0.25, -0.2) is 0 Å². The van der Waals surface area contributed by atoms with Crippen LogP contribution in [-0.2, 0) is 11.2 Å². The first-order valence-electron chi connectivity index (χ1n) is 6.10. The molecule has 0 saturated heterocycles. The van der Waals surface area contributed by atoms with E-state index in [-0.39, 0.29) is 11.4 Å². The largest absolute Gasteiger partial charge is 0.349 e. The molecule has 0 aliphatic rings. The van der Waals surface area contributed by atoms with Gasteiger partial charge in [-0.05, 0) is 47.3 Å². The number of nitrogens with two attached hydrogens (primary N) is 1. The summed E-state index contributed by atoms with van der Waals surface area (Å²) in [4.78, 5) is 13.1. The Labute approximate surface area is 121 Å². The minimum atomic E-state index is -0.306. The molecular formula is C13H21BrN2OS. The van der Waals surface area contributed by atoms with Gasteiger partial charge in [-0.3, -0.25) is 4.79 Å². The lowest BCUT2D eigenvalue weighted by Gasteiger charge is -2.31. The summed E-state index contributed by atoms with van der Waals surface area (Å²) in [7, 11) is 0. The van der Waals surface area contributed by atoms with Crippen LogP contribution in [0.3, 0.4) is 0 Å². The maximum atomic E-state index is 12.0. The van der Waals surface area contributed by atoms with Gasteiger partial charge < -0.3 is 11.1 Å². The SMILES string of the molecule is CC(C)CC(C)(CN)NC(=O)Cc1ccc(Br)s1. The molecule has 1 unspecified atom stereocenters. The highest BCUT2D eigenvalue weighted by Crippen LogP contribution is 2.23. The summed E-state index contributed by atoms with van der Waals surface area (Å²) in [6.45, 7) is 6.74. The van der Waals surface area contributed by atoms with Gasteiger partial charge >= 0.3 is 0 Å². The van der Waals surface area contributed by atoms with Crippen molar-refractivity contribution in [2.24, 2.45) is 11.7 Å². The first-order chi connectivity index (χ1) is 8.34. The van der Waals surface area contributed by atoms with E-state index in [1.54, 1.807) is 11.3 Å².